The Kier molecular flexibility index (Phi) is 4.16. The van der Waals surface area contributed by atoms with Crippen LogP contribution in [0.2, 0.25) is 0 Å². The third-order valence-corrected chi connectivity index (χ3v) is 5.77. The molecule has 1 aliphatic heterocycles. The number of benzene rings is 2. The SMILES string of the molecule is Fc1ccc([C@H]2C[C@H](C(F)(F)F)n3nc(-c4nc5c6ccccc6ncn5n4)cc3N2)cc1. The largest absolute Gasteiger partial charge is 0.410 e. The molecule has 4 heterocycles. The average Bonchev–Trinajstić information content (AvgIpc) is 3.42. The molecule has 6 rings (SSSR count). The summed E-state index contributed by atoms with van der Waals surface area (Å²) in [6.45, 7) is 0. The number of fused-ring (bicyclic) bond motifs is 4. The van der Waals surface area contributed by atoms with Gasteiger partial charge in [-0.2, -0.15) is 18.3 Å². The molecule has 11 heteroatoms. The molecule has 33 heavy (non-hydrogen) atoms. The van der Waals surface area contributed by atoms with Crippen LogP contribution in [0.15, 0.2) is 60.9 Å². The van der Waals surface area contributed by atoms with Gasteiger partial charge in [-0.25, -0.2) is 23.6 Å². The average molecular weight is 453 g/mol. The first-order chi connectivity index (χ1) is 15.9. The topological polar surface area (TPSA) is 72.9 Å². The molecular weight excluding hydrogens is 438 g/mol. The number of para-hydroxylation sites is 1. The summed E-state index contributed by atoms with van der Waals surface area (Å²) in [5.41, 5.74) is 2.03. The van der Waals surface area contributed by atoms with Crippen LogP contribution in [0.5, 0.6) is 0 Å². The van der Waals surface area contributed by atoms with Gasteiger partial charge in [-0.1, -0.05) is 24.3 Å². The molecule has 0 amide bonds. The van der Waals surface area contributed by atoms with Crippen molar-refractivity contribution in [2.75, 3.05) is 5.32 Å². The summed E-state index contributed by atoms with van der Waals surface area (Å²) in [6.07, 6.45) is -3.30. The van der Waals surface area contributed by atoms with Gasteiger partial charge in [-0.05, 0) is 29.8 Å². The van der Waals surface area contributed by atoms with Crippen LogP contribution in [-0.4, -0.2) is 35.5 Å². The Labute approximate surface area is 183 Å². The fourth-order valence-electron chi connectivity index (χ4n) is 4.18. The Hall–Kier alpha value is -4.02. The van der Waals surface area contributed by atoms with Crippen LogP contribution in [0, 0.1) is 5.82 Å². The molecule has 0 saturated heterocycles. The smallest absolute Gasteiger partial charge is 0.363 e. The number of alkyl halides is 3. The minimum absolute atomic E-state index is 0.190. The number of aromatic nitrogens is 6. The Morgan fingerprint density at radius 2 is 1.79 bits per heavy atom. The summed E-state index contributed by atoms with van der Waals surface area (Å²) in [5, 5.41) is 12.4. The van der Waals surface area contributed by atoms with Crippen LogP contribution < -0.4 is 5.32 Å². The molecule has 0 radical (unpaired) electrons. The zero-order chi connectivity index (χ0) is 22.7. The third-order valence-electron chi connectivity index (χ3n) is 5.77. The van der Waals surface area contributed by atoms with Gasteiger partial charge in [-0.15, -0.1) is 5.10 Å². The number of halogens is 4. The van der Waals surface area contributed by atoms with E-state index in [1.807, 2.05) is 24.3 Å². The maximum atomic E-state index is 13.9. The lowest BCUT2D eigenvalue weighted by atomic mass is 9.97. The molecule has 7 nitrogen and oxygen atoms in total. The fraction of sp³-hybridized carbons (Fsp3) is 0.182. The number of anilines is 1. The molecule has 0 bridgehead atoms. The van der Waals surface area contributed by atoms with Crippen LogP contribution in [-0.2, 0) is 0 Å². The molecule has 5 aromatic rings. The number of hydrogen-bond acceptors (Lipinski definition) is 5. The Bertz CT molecular complexity index is 1490. The van der Waals surface area contributed by atoms with E-state index in [1.54, 1.807) is 0 Å². The molecule has 166 valence electrons. The molecule has 0 fully saturated rings. The summed E-state index contributed by atoms with van der Waals surface area (Å²) < 4.78 is 57.5. The summed E-state index contributed by atoms with van der Waals surface area (Å²) >= 11 is 0. The van der Waals surface area contributed by atoms with Crippen molar-refractivity contribution in [1.82, 2.24) is 29.4 Å². The van der Waals surface area contributed by atoms with Crippen molar-refractivity contribution in [2.24, 2.45) is 0 Å². The van der Waals surface area contributed by atoms with Gasteiger partial charge < -0.3 is 5.32 Å². The van der Waals surface area contributed by atoms with Gasteiger partial charge in [0.15, 0.2) is 11.7 Å². The quantitative estimate of drug-likeness (QED) is 0.384. The number of nitrogens with one attached hydrogen (secondary N) is 1. The van der Waals surface area contributed by atoms with Crippen molar-refractivity contribution in [1.29, 1.82) is 0 Å². The highest BCUT2D eigenvalue weighted by atomic mass is 19.4. The Balaban J connectivity index is 1.44. The van der Waals surface area contributed by atoms with Gasteiger partial charge in [-0.3, -0.25) is 0 Å². The predicted molar refractivity (Wildman–Crippen MR) is 112 cm³/mol. The maximum Gasteiger partial charge on any atom is 0.410 e. The molecule has 1 aliphatic rings. The first kappa shape index (κ1) is 19.6. The molecule has 1 N–H and O–H groups in total. The van der Waals surface area contributed by atoms with E-state index in [-0.39, 0.29) is 23.8 Å². The number of hydrogen-bond donors (Lipinski definition) is 1. The van der Waals surface area contributed by atoms with E-state index >= 15 is 0 Å². The van der Waals surface area contributed by atoms with Crippen LogP contribution >= 0.6 is 0 Å². The second kappa shape index (κ2) is 6.99. The Morgan fingerprint density at radius 1 is 1.00 bits per heavy atom. The lowest BCUT2D eigenvalue weighted by molar-refractivity contribution is -0.173. The zero-order valence-corrected chi connectivity index (χ0v) is 16.8. The first-order valence-corrected chi connectivity index (χ1v) is 10.2. The van der Waals surface area contributed by atoms with E-state index in [4.69, 9.17) is 0 Å². The molecule has 0 spiro atoms. The van der Waals surface area contributed by atoms with Crippen molar-refractivity contribution in [2.45, 2.75) is 24.7 Å². The first-order valence-electron chi connectivity index (χ1n) is 10.2. The van der Waals surface area contributed by atoms with Gasteiger partial charge >= 0.3 is 6.18 Å². The Morgan fingerprint density at radius 3 is 2.58 bits per heavy atom. The normalized spacial score (nSPS) is 18.4. The summed E-state index contributed by atoms with van der Waals surface area (Å²) in [7, 11) is 0. The van der Waals surface area contributed by atoms with Crippen LogP contribution in [0.3, 0.4) is 0 Å². The summed E-state index contributed by atoms with van der Waals surface area (Å²) in [4.78, 5) is 8.84. The molecular formula is C22H15F4N7. The minimum Gasteiger partial charge on any atom is -0.363 e. The molecule has 2 aromatic carbocycles. The predicted octanol–water partition coefficient (Wildman–Crippen LogP) is 4.94. The zero-order valence-electron chi connectivity index (χ0n) is 16.8. The highest BCUT2D eigenvalue weighted by Gasteiger charge is 2.46. The molecule has 2 atom stereocenters. The lowest BCUT2D eigenvalue weighted by Gasteiger charge is -2.33. The molecule has 0 saturated carbocycles. The molecule has 0 aliphatic carbocycles. The lowest BCUT2D eigenvalue weighted by Crippen LogP contribution is -2.35. The van der Waals surface area contributed by atoms with Gasteiger partial charge in [0.1, 0.15) is 23.7 Å². The van der Waals surface area contributed by atoms with Gasteiger partial charge in [0.25, 0.3) is 0 Å². The van der Waals surface area contributed by atoms with Crippen molar-refractivity contribution < 1.29 is 17.6 Å². The highest BCUT2D eigenvalue weighted by Crippen LogP contribution is 2.44. The number of nitrogens with zero attached hydrogens (tertiary/aromatic N) is 6. The van der Waals surface area contributed by atoms with Crippen molar-refractivity contribution in [3.05, 3.63) is 72.3 Å². The van der Waals surface area contributed by atoms with Crippen molar-refractivity contribution >= 4 is 22.4 Å². The maximum absolute atomic E-state index is 13.9. The van der Waals surface area contributed by atoms with Crippen LogP contribution in [0.1, 0.15) is 24.1 Å². The second-order valence-electron chi connectivity index (χ2n) is 7.87. The summed E-state index contributed by atoms with van der Waals surface area (Å²) in [5.74, 6) is -0.0694. The standard InChI is InChI=1S/C22H15F4N7/c23-13-7-5-12(6-8-13)16-9-18(22(24,25)26)33-19(28-16)10-17(30-33)20-29-21-14-3-1-2-4-15(14)27-11-32(21)31-20/h1-8,10-11,16,18,28H,9H2/t16-,18-/m1/s1. The van der Waals surface area contributed by atoms with Gasteiger partial charge in [0.2, 0.25) is 5.82 Å². The van der Waals surface area contributed by atoms with E-state index < -0.39 is 24.1 Å². The van der Waals surface area contributed by atoms with E-state index in [2.05, 4.69) is 25.5 Å². The molecule has 3 aromatic heterocycles. The second-order valence-corrected chi connectivity index (χ2v) is 7.87. The number of rotatable bonds is 2. The van der Waals surface area contributed by atoms with E-state index in [0.717, 1.165) is 15.6 Å². The summed E-state index contributed by atoms with van der Waals surface area (Å²) in [6, 6.07) is 11.8. The highest BCUT2D eigenvalue weighted by molar-refractivity contribution is 5.91. The van der Waals surface area contributed by atoms with Crippen molar-refractivity contribution in [3.63, 3.8) is 0 Å². The van der Waals surface area contributed by atoms with Crippen LogP contribution in [0.4, 0.5) is 23.4 Å². The van der Waals surface area contributed by atoms with E-state index in [9.17, 15) is 17.6 Å². The van der Waals surface area contributed by atoms with Crippen molar-refractivity contribution in [3.8, 4) is 11.5 Å². The van der Waals surface area contributed by atoms with Gasteiger partial charge in [0.05, 0.1) is 11.6 Å². The molecule has 0 unspecified atom stereocenters. The minimum atomic E-state index is -4.52. The van der Waals surface area contributed by atoms with E-state index in [1.165, 1.54) is 41.2 Å². The van der Waals surface area contributed by atoms with Crippen LogP contribution in [0.25, 0.3) is 28.1 Å². The van der Waals surface area contributed by atoms with E-state index in [0.29, 0.717) is 11.2 Å². The van der Waals surface area contributed by atoms with Gasteiger partial charge in [0, 0.05) is 17.9 Å². The monoisotopic (exact) mass is 453 g/mol. The fourth-order valence-corrected chi connectivity index (χ4v) is 4.18. The third kappa shape index (κ3) is 3.27.